The van der Waals surface area contributed by atoms with Gasteiger partial charge in [0.05, 0.1) is 15.8 Å². The lowest BCUT2D eigenvalue weighted by molar-refractivity contribution is -0.125. The number of amides is 3. The molecule has 1 aliphatic carbocycles. The SMILES string of the molecule is CC(C)CN(CC1CC1)[C@H](CNC(=O)c1ccc(Cl)s1)C(=O)Nc1ccc(N2CCOCC2=O)cc1. The number of morpholine rings is 1. The van der Waals surface area contributed by atoms with Crippen LogP contribution >= 0.6 is 22.9 Å². The van der Waals surface area contributed by atoms with Gasteiger partial charge in [-0.1, -0.05) is 25.4 Å². The highest BCUT2D eigenvalue weighted by molar-refractivity contribution is 7.18. The van der Waals surface area contributed by atoms with Crippen LogP contribution in [0.25, 0.3) is 0 Å². The minimum absolute atomic E-state index is 0.0785. The predicted octanol–water partition coefficient (Wildman–Crippen LogP) is 3.87. The van der Waals surface area contributed by atoms with Crippen LogP contribution in [-0.4, -0.2) is 68.1 Å². The summed E-state index contributed by atoms with van der Waals surface area (Å²) in [5.74, 6) is 0.480. The van der Waals surface area contributed by atoms with Gasteiger partial charge in [0.2, 0.25) is 5.91 Å². The summed E-state index contributed by atoms with van der Waals surface area (Å²) in [6.07, 6.45) is 2.34. The monoisotopic (exact) mass is 532 g/mol. The van der Waals surface area contributed by atoms with Gasteiger partial charge in [0, 0.05) is 37.6 Å². The molecule has 0 spiro atoms. The topological polar surface area (TPSA) is 91.0 Å². The molecule has 0 radical (unpaired) electrons. The van der Waals surface area contributed by atoms with Crippen molar-refractivity contribution in [2.45, 2.75) is 32.7 Å². The van der Waals surface area contributed by atoms with Crippen LogP contribution in [0.3, 0.4) is 0 Å². The summed E-state index contributed by atoms with van der Waals surface area (Å²) in [6.45, 7) is 7.13. The van der Waals surface area contributed by atoms with Gasteiger partial charge in [-0.2, -0.15) is 0 Å². The van der Waals surface area contributed by atoms with Crippen molar-refractivity contribution in [2.75, 3.05) is 49.6 Å². The second kappa shape index (κ2) is 12.2. The van der Waals surface area contributed by atoms with E-state index in [1.54, 1.807) is 29.2 Å². The summed E-state index contributed by atoms with van der Waals surface area (Å²) >= 11 is 7.20. The van der Waals surface area contributed by atoms with Crippen molar-refractivity contribution in [3.05, 3.63) is 45.6 Å². The summed E-state index contributed by atoms with van der Waals surface area (Å²) in [5, 5.41) is 5.96. The molecule has 2 fully saturated rings. The number of benzene rings is 1. The molecule has 194 valence electrons. The maximum Gasteiger partial charge on any atom is 0.261 e. The van der Waals surface area contributed by atoms with Crippen molar-refractivity contribution in [1.82, 2.24) is 10.2 Å². The van der Waals surface area contributed by atoms with E-state index in [2.05, 4.69) is 29.4 Å². The second-order valence-corrected chi connectivity index (χ2v) is 11.5. The van der Waals surface area contributed by atoms with Crippen LogP contribution in [0.4, 0.5) is 11.4 Å². The smallest absolute Gasteiger partial charge is 0.261 e. The Balaban J connectivity index is 1.46. The van der Waals surface area contributed by atoms with E-state index in [1.807, 2.05) is 12.1 Å². The number of thiophene rings is 1. The highest BCUT2D eigenvalue weighted by atomic mass is 35.5. The molecule has 0 unspecified atom stereocenters. The van der Waals surface area contributed by atoms with Crippen molar-refractivity contribution in [3.8, 4) is 0 Å². The largest absolute Gasteiger partial charge is 0.370 e. The fourth-order valence-corrected chi connectivity index (χ4v) is 5.23. The maximum atomic E-state index is 13.5. The van der Waals surface area contributed by atoms with E-state index in [4.69, 9.17) is 16.3 Å². The summed E-state index contributed by atoms with van der Waals surface area (Å²) in [7, 11) is 0. The molecule has 1 aliphatic heterocycles. The Hall–Kier alpha value is -2.46. The molecule has 0 bridgehead atoms. The molecule has 1 saturated heterocycles. The molecular formula is C26H33ClN4O4S. The number of rotatable bonds is 11. The van der Waals surface area contributed by atoms with Crippen LogP contribution in [0, 0.1) is 11.8 Å². The zero-order valence-electron chi connectivity index (χ0n) is 20.7. The molecule has 8 nitrogen and oxygen atoms in total. The summed E-state index contributed by atoms with van der Waals surface area (Å²) in [6, 6.07) is 10.1. The van der Waals surface area contributed by atoms with Gasteiger partial charge in [0.1, 0.15) is 12.6 Å². The zero-order valence-corrected chi connectivity index (χ0v) is 22.2. The van der Waals surface area contributed by atoms with E-state index in [0.717, 1.165) is 18.8 Å². The number of halogens is 1. The molecule has 1 aromatic carbocycles. The minimum Gasteiger partial charge on any atom is -0.370 e. The third-order valence-electron chi connectivity index (χ3n) is 6.22. The van der Waals surface area contributed by atoms with Crippen molar-refractivity contribution >= 4 is 52.0 Å². The first-order valence-electron chi connectivity index (χ1n) is 12.4. The molecule has 2 N–H and O–H groups in total. The third-order valence-corrected chi connectivity index (χ3v) is 7.45. The summed E-state index contributed by atoms with van der Waals surface area (Å²) in [5.41, 5.74) is 1.41. The Morgan fingerprint density at radius 1 is 1.19 bits per heavy atom. The fraction of sp³-hybridized carbons (Fsp3) is 0.500. The lowest BCUT2D eigenvalue weighted by atomic mass is 10.1. The van der Waals surface area contributed by atoms with E-state index in [9.17, 15) is 14.4 Å². The predicted molar refractivity (Wildman–Crippen MR) is 143 cm³/mol. The maximum absolute atomic E-state index is 13.5. The molecule has 1 saturated carbocycles. The number of nitrogens with zero attached hydrogens (tertiary/aromatic N) is 2. The molecular weight excluding hydrogens is 500 g/mol. The van der Waals surface area contributed by atoms with E-state index in [0.29, 0.717) is 39.9 Å². The average Bonchev–Trinajstić information content (AvgIpc) is 3.55. The minimum atomic E-state index is -0.520. The fourth-order valence-electron chi connectivity index (χ4n) is 4.27. The number of carbonyl (C=O) groups is 3. The Kier molecular flexibility index (Phi) is 9.00. The van der Waals surface area contributed by atoms with Crippen molar-refractivity contribution in [2.24, 2.45) is 11.8 Å². The molecule has 10 heteroatoms. The number of nitrogens with one attached hydrogen (secondary N) is 2. The first kappa shape index (κ1) is 26.6. The third kappa shape index (κ3) is 7.29. The summed E-state index contributed by atoms with van der Waals surface area (Å²) < 4.78 is 5.75. The Morgan fingerprint density at radius 2 is 1.94 bits per heavy atom. The van der Waals surface area contributed by atoms with Gasteiger partial charge < -0.3 is 20.3 Å². The first-order chi connectivity index (χ1) is 17.3. The Bertz CT molecular complexity index is 1070. The highest BCUT2D eigenvalue weighted by Gasteiger charge is 2.32. The van der Waals surface area contributed by atoms with Gasteiger partial charge in [0.15, 0.2) is 0 Å². The van der Waals surface area contributed by atoms with Gasteiger partial charge in [-0.05, 0) is 61.1 Å². The number of carbonyl (C=O) groups excluding carboxylic acids is 3. The van der Waals surface area contributed by atoms with Gasteiger partial charge in [-0.15, -0.1) is 11.3 Å². The van der Waals surface area contributed by atoms with Crippen LogP contribution < -0.4 is 15.5 Å². The van der Waals surface area contributed by atoms with Gasteiger partial charge in [-0.25, -0.2) is 0 Å². The zero-order chi connectivity index (χ0) is 25.7. The molecule has 2 aliphatic rings. The molecule has 3 amide bonds. The standard InChI is InChI=1S/C26H33ClN4O4S/c1-17(2)14-30(15-18-3-4-18)21(13-28-26(34)22-9-10-23(27)36-22)25(33)29-19-5-7-20(8-6-19)31-11-12-35-16-24(31)32/h5-10,17-18,21H,3-4,11-16H2,1-2H3,(H,28,34)(H,29,33)/t21-/m1/s1. The van der Waals surface area contributed by atoms with Gasteiger partial charge >= 0.3 is 0 Å². The second-order valence-electron chi connectivity index (χ2n) is 9.75. The van der Waals surface area contributed by atoms with E-state index >= 15 is 0 Å². The molecule has 1 atom stereocenters. The normalized spacial score (nSPS) is 16.9. The lowest BCUT2D eigenvalue weighted by Gasteiger charge is -2.32. The average molecular weight is 533 g/mol. The number of hydrogen-bond donors (Lipinski definition) is 2. The van der Waals surface area contributed by atoms with Gasteiger partial charge in [0.25, 0.3) is 11.8 Å². The van der Waals surface area contributed by atoms with E-state index < -0.39 is 6.04 Å². The molecule has 4 rings (SSSR count). The van der Waals surface area contributed by atoms with Crippen LogP contribution in [0.2, 0.25) is 4.34 Å². The van der Waals surface area contributed by atoms with Crippen molar-refractivity contribution < 1.29 is 19.1 Å². The molecule has 2 aromatic rings. The highest BCUT2D eigenvalue weighted by Crippen LogP contribution is 2.31. The number of ether oxygens (including phenoxy) is 1. The van der Waals surface area contributed by atoms with Crippen molar-refractivity contribution in [1.29, 1.82) is 0 Å². The molecule has 36 heavy (non-hydrogen) atoms. The molecule has 1 aromatic heterocycles. The number of anilines is 2. The molecule has 2 heterocycles. The van der Waals surface area contributed by atoms with Crippen molar-refractivity contribution in [3.63, 3.8) is 0 Å². The number of hydrogen-bond acceptors (Lipinski definition) is 6. The summed E-state index contributed by atoms with van der Waals surface area (Å²) in [4.78, 5) is 42.7. The lowest BCUT2D eigenvalue weighted by Crippen LogP contribution is -2.52. The van der Waals surface area contributed by atoms with E-state index in [1.165, 1.54) is 24.2 Å². The van der Waals surface area contributed by atoms with Crippen LogP contribution in [0.15, 0.2) is 36.4 Å². The van der Waals surface area contributed by atoms with Crippen LogP contribution in [-0.2, 0) is 14.3 Å². The van der Waals surface area contributed by atoms with E-state index in [-0.39, 0.29) is 30.9 Å². The Labute approximate surface area is 220 Å². The van der Waals surface area contributed by atoms with Crippen LogP contribution in [0.1, 0.15) is 36.4 Å². The Morgan fingerprint density at radius 3 is 2.56 bits per heavy atom. The van der Waals surface area contributed by atoms with Crippen LogP contribution in [0.5, 0.6) is 0 Å². The quantitative estimate of drug-likeness (QED) is 0.458. The van der Waals surface area contributed by atoms with Gasteiger partial charge in [-0.3, -0.25) is 19.3 Å². The first-order valence-corrected chi connectivity index (χ1v) is 13.6.